The molecule has 1 aliphatic rings. The van der Waals surface area contributed by atoms with Crippen LogP contribution in [0.4, 0.5) is 8.78 Å². The summed E-state index contributed by atoms with van der Waals surface area (Å²) in [7, 11) is 0. The molecular weight excluding hydrogens is 240 g/mol. The minimum absolute atomic E-state index is 0.189. The molecule has 0 spiro atoms. The van der Waals surface area contributed by atoms with E-state index in [1.165, 1.54) is 0 Å². The molecule has 18 heavy (non-hydrogen) atoms. The van der Waals surface area contributed by atoms with E-state index in [0.29, 0.717) is 24.6 Å². The van der Waals surface area contributed by atoms with Crippen LogP contribution in [0.5, 0.6) is 5.75 Å². The lowest BCUT2D eigenvalue weighted by atomic mass is 10.1. The van der Waals surface area contributed by atoms with E-state index in [0.717, 1.165) is 6.54 Å². The summed E-state index contributed by atoms with van der Waals surface area (Å²) < 4.78 is 34.9. The zero-order valence-corrected chi connectivity index (χ0v) is 10.2. The maximum atomic E-state index is 12.3. The van der Waals surface area contributed by atoms with Crippen molar-refractivity contribution in [3.63, 3.8) is 0 Å². The molecular formula is C13H17F2NO2. The SMILES string of the molecule is CC1CNCC(c2ccccc2OC(F)F)OC1. The average molecular weight is 257 g/mol. The molecule has 0 radical (unpaired) electrons. The first-order chi connectivity index (χ1) is 8.66. The van der Waals surface area contributed by atoms with E-state index in [2.05, 4.69) is 17.0 Å². The molecule has 2 rings (SSSR count). The van der Waals surface area contributed by atoms with Crippen LogP contribution in [0, 0.1) is 5.92 Å². The van der Waals surface area contributed by atoms with Gasteiger partial charge in [-0.15, -0.1) is 0 Å². The first-order valence-electron chi connectivity index (χ1n) is 6.03. The molecule has 3 nitrogen and oxygen atoms in total. The summed E-state index contributed by atoms with van der Waals surface area (Å²) in [5.41, 5.74) is 0.666. The average Bonchev–Trinajstić information content (AvgIpc) is 2.54. The minimum Gasteiger partial charge on any atom is -0.434 e. The van der Waals surface area contributed by atoms with Crippen molar-refractivity contribution >= 4 is 0 Å². The van der Waals surface area contributed by atoms with E-state index in [9.17, 15) is 8.78 Å². The van der Waals surface area contributed by atoms with Crippen LogP contribution in [0.3, 0.4) is 0 Å². The van der Waals surface area contributed by atoms with Gasteiger partial charge in [0.05, 0.1) is 12.7 Å². The second-order valence-corrected chi connectivity index (χ2v) is 4.50. The number of rotatable bonds is 3. The summed E-state index contributed by atoms with van der Waals surface area (Å²) in [4.78, 5) is 0. The van der Waals surface area contributed by atoms with Gasteiger partial charge in [0.1, 0.15) is 5.75 Å². The van der Waals surface area contributed by atoms with E-state index in [4.69, 9.17) is 4.74 Å². The second kappa shape index (κ2) is 6.11. The van der Waals surface area contributed by atoms with E-state index < -0.39 is 6.61 Å². The van der Waals surface area contributed by atoms with Crippen LogP contribution < -0.4 is 10.1 Å². The maximum Gasteiger partial charge on any atom is 0.387 e. The molecule has 1 heterocycles. The summed E-state index contributed by atoms with van der Waals surface area (Å²) in [6.07, 6.45) is -0.245. The molecule has 2 unspecified atom stereocenters. The molecule has 0 aliphatic carbocycles. The van der Waals surface area contributed by atoms with Crippen molar-refractivity contribution in [2.75, 3.05) is 19.7 Å². The van der Waals surface area contributed by atoms with Gasteiger partial charge < -0.3 is 14.8 Å². The summed E-state index contributed by atoms with van der Waals surface area (Å²) >= 11 is 0. The van der Waals surface area contributed by atoms with Crippen molar-refractivity contribution < 1.29 is 18.3 Å². The van der Waals surface area contributed by atoms with Crippen LogP contribution in [0.1, 0.15) is 18.6 Å². The van der Waals surface area contributed by atoms with Crippen LogP contribution >= 0.6 is 0 Å². The monoisotopic (exact) mass is 257 g/mol. The van der Waals surface area contributed by atoms with Gasteiger partial charge in [0.15, 0.2) is 0 Å². The molecule has 1 fully saturated rings. The van der Waals surface area contributed by atoms with Gasteiger partial charge in [-0.3, -0.25) is 0 Å². The standard InChI is InChI=1S/C13H17F2NO2/c1-9-6-16-7-12(17-8-9)10-4-2-3-5-11(10)18-13(14)15/h2-5,9,12-13,16H,6-8H2,1H3. The highest BCUT2D eigenvalue weighted by Gasteiger charge is 2.21. The molecule has 1 saturated heterocycles. The van der Waals surface area contributed by atoms with Crippen molar-refractivity contribution in [3.8, 4) is 5.75 Å². The van der Waals surface area contributed by atoms with Crippen molar-refractivity contribution in [1.29, 1.82) is 0 Å². The number of nitrogens with one attached hydrogen (secondary N) is 1. The third-order valence-electron chi connectivity index (χ3n) is 2.89. The molecule has 0 aromatic heterocycles. The van der Waals surface area contributed by atoms with Crippen LogP contribution in [-0.4, -0.2) is 26.3 Å². The third kappa shape index (κ3) is 3.40. The molecule has 0 saturated carbocycles. The van der Waals surface area contributed by atoms with Gasteiger partial charge in [-0.2, -0.15) is 8.78 Å². The molecule has 1 aromatic carbocycles. The lowest BCUT2D eigenvalue weighted by Crippen LogP contribution is -2.22. The number of para-hydroxylation sites is 1. The van der Waals surface area contributed by atoms with E-state index in [-0.39, 0.29) is 11.9 Å². The van der Waals surface area contributed by atoms with Gasteiger partial charge >= 0.3 is 6.61 Å². The highest BCUT2D eigenvalue weighted by molar-refractivity contribution is 5.35. The Balaban J connectivity index is 2.15. The number of hydrogen-bond donors (Lipinski definition) is 1. The van der Waals surface area contributed by atoms with Gasteiger partial charge in [0, 0.05) is 18.7 Å². The Morgan fingerprint density at radius 2 is 2.11 bits per heavy atom. The molecule has 0 bridgehead atoms. The molecule has 0 amide bonds. The highest BCUT2D eigenvalue weighted by Crippen LogP contribution is 2.29. The summed E-state index contributed by atoms with van der Waals surface area (Å²) in [5, 5.41) is 3.26. The van der Waals surface area contributed by atoms with Crippen LogP contribution in [0.2, 0.25) is 0 Å². The van der Waals surface area contributed by atoms with Gasteiger partial charge in [0.25, 0.3) is 0 Å². The molecule has 2 atom stereocenters. The van der Waals surface area contributed by atoms with Crippen molar-refractivity contribution in [1.82, 2.24) is 5.32 Å². The van der Waals surface area contributed by atoms with Crippen LogP contribution in [0.15, 0.2) is 24.3 Å². The van der Waals surface area contributed by atoms with Gasteiger partial charge in [-0.05, 0) is 12.0 Å². The van der Waals surface area contributed by atoms with Crippen molar-refractivity contribution in [3.05, 3.63) is 29.8 Å². The number of benzene rings is 1. The van der Waals surface area contributed by atoms with Crippen molar-refractivity contribution in [2.24, 2.45) is 5.92 Å². The fourth-order valence-corrected chi connectivity index (χ4v) is 2.01. The fraction of sp³-hybridized carbons (Fsp3) is 0.538. The topological polar surface area (TPSA) is 30.5 Å². The number of hydrogen-bond acceptors (Lipinski definition) is 3. The molecule has 5 heteroatoms. The normalized spacial score (nSPS) is 24.9. The molecule has 1 aliphatic heterocycles. The number of ether oxygens (including phenoxy) is 2. The van der Waals surface area contributed by atoms with Crippen molar-refractivity contribution in [2.45, 2.75) is 19.6 Å². The lowest BCUT2D eigenvalue weighted by Gasteiger charge is -2.19. The third-order valence-corrected chi connectivity index (χ3v) is 2.89. The summed E-state index contributed by atoms with van der Waals surface area (Å²) in [5.74, 6) is 0.604. The predicted octanol–water partition coefficient (Wildman–Crippen LogP) is 2.59. The molecule has 1 N–H and O–H groups in total. The van der Waals surface area contributed by atoms with Gasteiger partial charge in [-0.1, -0.05) is 25.1 Å². The Hall–Kier alpha value is -1.20. The Bertz CT molecular complexity index is 387. The lowest BCUT2D eigenvalue weighted by molar-refractivity contribution is -0.0526. The Morgan fingerprint density at radius 3 is 2.89 bits per heavy atom. The Labute approximate surface area is 105 Å². The zero-order chi connectivity index (χ0) is 13.0. The minimum atomic E-state index is -2.82. The maximum absolute atomic E-state index is 12.3. The quantitative estimate of drug-likeness (QED) is 0.902. The van der Waals surface area contributed by atoms with Gasteiger partial charge in [0.2, 0.25) is 0 Å². The molecule has 1 aromatic rings. The smallest absolute Gasteiger partial charge is 0.387 e. The van der Waals surface area contributed by atoms with Gasteiger partial charge in [-0.25, -0.2) is 0 Å². The summed E-state index contributed by atoms with van der Waals surface area (Å²) in [6.45, 7) is 1.35. The van der Waals surface area contributed by atoms with E-state index in [1.807, 2.05) is 0 Å². The molecule has 100 valence electrons. The Kier molecular flexibility index (Phi) is 4.49. The predicted molar refractivity (Wildman–Crippen MR) is 63.8 cm³/mol. The second-order valence-electron chi connectivity index (χ2n) is 4.50. The van der Waals surface area contributed by atoms with E-state index >= 15 is 0 Å². The Morgan fingerprint density at radius 1 is 1.33 bits per heavy atom. The first-order valence-corrected chi connectivity index (χ1v) is 6.03. The van der Waals surface area contributed by atoms with E-state index in [1.54, 1.807) is 24.3 Å². The fourth-order valence-electron chi connectivity index (χ4n) is 2.01. The van der Waals surface area contributed by atoms with Crippen LogP contribution in [-0.2, 0) is 4.74 Å². The van der Waals surface area contributed by atoms with Crippen LogP contribution in [0.25, 0.3) is 0 Å². The largest absolute Gasteiger partial charge is 0.434 e. The zero-order valence-electron chi connectivity index (χ0n) is 10.2. The number of halogens is 2. The number of alkyl halides is 2. The first kappa shape index (κ1) is 13.2. The summed E-state index contributed by atoms with van der Waals surface area (Å²) in [6, 6.07) is 6.78. The highest BCUT2D eigenvalue weighted by atomic mass is 19.3.